The SMILES string of the molecule is CN(C)C(=O)CN(C)C(=O)Nc1ccc(C(=O)O)c(O)c1. The average molecular weight is 295 g/mol. The van der Waals surface area contributed by atoms with Crippen molar-refractivity contribution in [3.8, 4) is 5.75 Å². The summed E-state index contributed by atoms with van der Waals surface area (Å²) in [5.74, 6) is -1.96. The summed E-state index contributed by atoms with van der Waals surface area (Å²) in [7, 11) is 4.61. The lowest BCUT2D eigenvalue weighted by molar-refractivity contribution is -0.129. The van der Waals surface area contributed by atoms with Crippen LogP contribution in [0.1, 0.15) is 10.4 Å². The molecule has 1 rings (SSSR count). The number of benzene rings is 1. The van der Waals surface area contributed by atoms with Crippen LogP contribution in [-0.2, 0) is 4.79 Å². The minimum absolute atomic E-state index is 0.0992. The molecule has 0 unspecified atom stereocenters. The van der Waals surface area contributed by atoms with E-state index in [0.717, 1.165) is 6.07 Å². The molecule has 0 aromatic heterocycles. The number of likely N-dealkylation sites (N-methyl/N-ethyl adjacent to an activating group) is 2. The Morgan fingerprint density at radius 3 is 2.29 bits per heavy atom. The van der Waals surface area contributed by atoms with Gasteiger partial charge in [-0.25, -0.2) is 9.59 Å². The molecule has 0 bridgehead atoms. The van der Waals surface area contributed by atoms with E-state index in [-0.39, 0.29) is 23.7 Å². The molecule has 0 heterocycles. The van der Waals surface area contributed by atoms with Crippen LogP contribution in [-0.4, -0.2) is 65.6 Å². The molecule has 0 fully saturated rings. The van der Waals surface area contributed by atoms with Crippen LogP contribution in [0, 0.1) is 0 Å². The predicted octanol–water partition coefficient (Wildman–Crippen LogP) is 0.642. The summed E-state index contributed by atoms with van der Waals surface area (Å²) in [4.78, 5) is 36.6. The molecular weight excluding hydrogens is 278 g/mol. The third kappa shape index (κ3) is 4.37. The summed E-state index contributed by atoms with van der Waals surface area (Å²) in [6, 6.07) is 3.11. The topological polar surface area (TPSA) is 110 Å². The van der Waals surface area contributed by atoms with Crippen molar-refractivity contribution < 1.29 is 24.6 Å². The highest BCUT2D eigenvalue weighted by atomic mass is 16.4. The molecule has 8 nitrogen and oxygen atoms in total. The first-order valence-electron chi connectivity index (χ1n) is 6.01. The molecule has 0 radical (unpaired) electrons. The van der Waals surface area contributed by atoms with Gasteiger partial charge in [-0.2, -0.15) is 0 Å². The molecule has 0 saturated carbocycles. The number of hydrogen-bond donors (Lipinski definition) is 3. The zero-order valence-electron chi connectivity index (χ0n) is 12.0. The Hall–Kier alpha value is -2.77. The quantitative estimate of drug-likeness (QED) is 0.755. The molecule has 0 atom stereocenters. The maximum Gasteiger partial charge on any atom is 0.339 e. The Bertz CT molecular complexity index is 571. The molecule has 1 aromatic carbocycles. The summed E-state index contributed by atoms with van der Waals surface area (Å²) in [5.41, 5.74) is -0.0317. The van der Waals surface area contributed by atoms with Gasteiger partial charge in [0.25, 0.3) is 0 Å². The van der Waals surface area contributed by atoms with Crippen LogP contribution in [0.2, 0.25) is 0 Å². The Kier molecular flexibility index (Phi) is 5.12. The third-order valence-corrected chi connectivity index (χ3v) is 2.70. The van der Waals surface area contributed by atoms with Gasteiger partial charge in [0.15, 0.2) is 0 Å². The molecule has 1 aromatic rings. The number of urea groups is 1. The highest BCUT2D eigenvalue weighted by Crippen LogP contribution is 2.22. The van der Waals surface area contributed by atoms with E-state index in [1.807, 2.05) is 0 Å². The molecular formula is C13H17N3O5. The summed E-state index contributed by atoms with van der Waals surface area (Å²) in [5, 5.41) is 20.8. The number of carbonyl (C=O) groups is 3. The maximum atomic E-state index is 11.8. The van der Waals surface area contributed by atoms with E-state index >= 15 is 0 Å². The van der Waals surface area contributed by atoms with Crippen LogP contribution in [0.5, 0.6) is 5.75 Å². The Morgan fingerprint density at radius 2 is 1.81 bits per heavy atom. The second kappa shape index (κ2) is 6.60. The van der Waals surface area contributed by atoms with E-state index < -0.39 is 17.7 Å². The van der Waals surface area contributed by atoms with E-state index in [0.29, 0.717) is 0 Å². The lowest BCUT2D eigenvalue weighted by atomic mass is 10.2. The number of nitrogens with one attached hydrogen (secondary N) is 1. The fraction of sp³-hybridized carbons (Fsp3) is 0.308. The number of nitrogens with zero attached hydrogens (tertiary/aromatic N) is 2. The van der Waals surface area contributed by atoms with Crippen molar-refractivity contribution in [3.63, 3.8) is 0 Å². The Morgan fingerprint density at radius 1 is 1.19 bits per heavy atom. The van der Waals surface area contributed by atoms with E-state index in [4.69, 9.17) is 5.11 Å². The van der Waals surface area contributed by atoms with Gasteiger partial charge >= 0.3 is 12.0 Å². The minimum atomic E-state index is -1.26. The van der Waals surface area contributed by atoms with Gasteiger partial charge in [0.05, 0.1) is 0 Å². The van der Waals surface area contributed by atoms with Crippen LogP contribution in [0.25, 0.3) is 0 Å². The van der Waals surface area contributed by atoms with Gasteiger partial charge in [0.2, 0.25) is 5.91 Å². The standard InChI is InChI=1S/C13H17N3O5/c1-15(2)11(18)7-16(3)13(21)14-8-4-5-9(12(19)20)10(17)6-8/h4-6,17H,7H2,1-3H3,(H,14,21)(H,19,20). The summed E-state index contributed by atoms with van der Waals surface area (Å²) >= 11 is 0. The molecule has 114 valence electrons. The first-order valence-corrected chi connectivity index (χ1v) is 6.01. The fourth-order valence-electron chi connectivity index (χ4n) is 1.43. The highest BCUT2D eigenvalue weighted by Gasteiger charge is 2.15. The van der Waals surface area contributed by atoms with Gasteiger partial charge in [0, 0.05) is 32.9 Å². The monoisotopic (exact) mass is 295 g/mol. The van der Waals surface area contributed by atoms with Crippen molar-refractivity contribution in [2.45, 2.75) is 0 Å². The smallest absolute Gasteiger partial charge is 0.339 e. The zero-order valence-corrected chi connectivity index (χ0v) is 12.0. The normalized spacial score (nSPS) is 9.86. The van der Waals surface area contributed by atoms with E-state index in [1.54, 1.807) is 14.1 Å². The van der Waals surface area contributed by atoms with Gasteiger partial charge in [-0.3, -0.25) is 4.79 Å². The van der Waals surface area contributed by atoms with Crippen molar-refractivity contribution >= 4 is 23.6 Å². The van der Waals surface area contributed by atoms with Gasteiger partial charge in [-0.15, -0.1) is 0 Å². The van der Waals surface area contributed by atoms with Crippen molar-refractivity contribution in [1.82, 2.24) is 9.80 Å². The summed E-state index contributed by atoms with van der Waals surface area (Å²) in [6.07, 6.45) is 0. The highest BCUT2D eigenvalue weighted by molar-refractivity contribution is 5.95. The van der Waals surface area contributed by atoms with Gasteiger partial charge in [-0.1, -0.05) is 0 Å². The second-order valence-corrected chi connectivity index (χ2v) is 4.61. The van der Waals surface area contributed by atoms with Crippen molar-refractivity contribution in [2.75, 3.05) is 33.0 Å². The van der Waals surface area contributed by atoms with Crippen LogP contribution in [0.3, 0.4) is 0 Å². The van der Waals surface area contributed by atoms with Crippen LogP contribution in [0.4, 0.5) is 10.5 Å². The number of rotatable bonds is 4. The number of phenols is 1. The number of hydrogen-bond acceptors (Lipinski definition) is 4. The van der Waals surface area contributed by atoms with Crippen LogP contribution >= 0.6 is 0 Å². The lowest BCUT2D eigenvalue weighted by Crippen LogP contribution is -2.39. The van der Waals surface area contributed by atoms with E-state index in [9.17, 15) is 19.5 Å². The number of carbonyl (C=O) groups excluding carboxylic acids is 2. The minimum Gasteiger partial charge on any atom is -0.507 e. The summed E-state index contributed by atoms with van der Waals surface area (Å²) < 4.78 is 0. The first kappa shape index (κ1) is 16.3. The molecule has 8 heteroatoms. The van der Waals surface area contributed by atoms with Gasteiger partial charge in [-0.05, 0) is 12.1 Å². The van der Waals surface area contributed by atoms with Crippen molar-refractivity contribution in [2.24, 2.45) is 0 Å². The summed E-state index contributed by atoms with van der Waals surface area (Å²) in [6.45, 7) is -0.0992. The van der Waals surface area contributed by atoms with E-state index in [2.05, 4.69) is 5.32 Å². The number of amides is 3. The first-order chi connectivity index (χ1) is 9.72. The second-order valence-electron chi connectivity index (χ2n) is 4.61. The molecule has 3 N–H and O–H groups in total. The number of carboxylic acids is 1. The number of anilines is 1. The molecule has 0 saturated heterocycles. The Labute approximate surface area is 121 Å². The lowest BCUT2D eigenvalue weighted by Gasteiger charge is -2.19. The predicted molar refractivity (Wildman–Crippen MR) is 75.4 cm³/mol. The van der Waals surface area contributed by atoms with E-state index in [1.165, 1.54) is 29.0 Å². The fourth-order valence-corrected chi connectivity index (χ4v) is 1.43. The van der Waals surface area contributed by atoms with Crippen LogP contribution in [0.15, 0.2) is 18.2 Å². The molecule has 0 spiro atoms. The van der Waals surface area contributed by atoms with Gasteiger partial charge < -0.3 is 25.3 Å². The molecule has 0 aliphatic carbocycles. The largest absolute Gasteiger partial charge is 0.507 e. The van der Waals surface area contributed by atoms with Gasteiger partial charge in [0.1, 0.15) is 17.9 Å². The molecule has 3 amide bonds. The number of aromatic carboxylic acids is 1. The Balaban J connectivity index is 2.73. The van der Waals surface area contributed by atoms with Crippen molar-refractivity contribution in [1.29, 1.82) is 0 Å². The van der Waals surface area contributed by atoms with Crippen molar-refractivity contribution in [3.05, 3.63) is 23.8 Å². The maximum absolute atomic E-state index is 11.8. The molecule has 0 aliphatic heterocycles. The zero-order chi connectivity index (χ0) is 16.2. The number of carboxylic acid groups (broad SMARTS) is 1. The number of aromatic hydroxyl groups is 1. The third-order valence-electron chi connectivity index (χ3n) is 2.70. The van der Waals surface area contributed by atoms with Crippen LogP contribution < -0.4 is 5.32 Å². The average Bonchev–Trinajstić information content (AvgIpc) is 2.37. The molecule has 21 heavy (non-hydrogen) atoms. The molecule has 0 aliphatic rings.